The molecule has 22 heavy (non-hydrogen) atoms. The summed E-state index contributed by atoms with van der Waals surface area (Å²) in [5.41, 5.74) is 0.990. The number of carbonyl (C=O) groups excluding carboxylic acids is 1. The Balaban J connectivity index is 1.49. The van der Waals surface area contributed by atoms with Crippen molar-refractivity contribution in [2.45, 2.75) is 31.2 Å². The number of aromatic nitrogens is 1. The molecule has 120 valence electrons. The zero-order valence-corrected chi connectivity index (χ0v) is 13.9. The highest BCUT2D eigenvalue weighted by molar-refractivity contribution is 8.00. The van der Waals surface area contributed by atoms with Crippen LogP contribution in [0.5, 0.6) is 0 Å². The zero-order chi connectivity index (χ0) is 15.4. The zero-order valence-electron chi connectivity index (χ0n) is 13.1. The van der Waals surface area contributed by atoms with E-state index in [2.05, 4.69) is 39.6 Å². The molecule has 1 amide bonds. The highest BCUT2D eigenvalue weighted by atomic mass is 32.2. The van der Waals surface area contributed by atoms with Crippen LogP contribution in [0.25, 0.3) is 0 Å². The molecule has 1 aromatic heterocycles. The van der Waals surface area contributed by atoms with E-state index in [4.69, 9.17) is 0 Å². The lowest BCUT2D eigenvalue weighted by molar-refractivity contribution is -0.113. The van der Waals surface area contributed by atoms with Gasteiger partial charge in [0.1, 0.15) is 5.82 Å². The minimum absolute atomic E-state index is 0.0389. The van der Waals surface area contributed by atoms with Crippen molar-refractivity contribution in [3.63, 3.8) is 0 Å². The number of nitrogens with one attached hydrogen (secondary N) is 2. The number of anilines is 1. The highest BCUT2D eigenvalue weighted by Crippen LogP contribution is 2.29. The number of amides is 1. The van der Waals surface area contributed by atoms with E-state index >= 15 is 0 Å². The number of pyridine rings is 1. The van der Waals surface area contributed by atoms with Crippen LogP contribution in [-0.2, 0) is 11.3 Å². The van der Waals surface area contributed by atoms with E-state index in [9.17, 15) is 4.79 Å². The maximum absolute atomic E-state index is 11.4. The molecule has 1 aromatic rings. The van der Waals surface area contributed by atoms with Crippen molar-refractivity contribution in [1.82, 2.24) is 15.2 Å². The molecule has 5 nitrogen and oxygen atoms in total. The van der Waals surface area contributed by atoms with Gasteiger partial charge >= 0.3 is 0 Å². The fourth-order valence-corrected chi connectivity index (χ4v) is 3.87. The van der Waals surface area contributed by atoms with Gasteiger partial charge in [-0.3, -0.25) is 4.79 Å². The Morgan fingerprint density at radius 2 is 2.41 bits per heavy atom. The monoisotopic (exact) mass is 320 g/mol. The largest absolute Gasteiger partial charge is 0.311 e. The number of piperidine rings is 1. The standard InChI is InChI=1S/C16H24N4OS/c1-2-20-7-3-4-12(10-20)8-17-9-13-5-6-14-16(18-13)19-15(21)11-22-14/h5-6,12,17H,2-4,7-11H2,1H3,(H,18,19,21). The first-order chi connectivity index (χ1) is 10.7. The Labute approximate surface area is 136 Å². The Morgan fingerprint density at radius 3 is 3.27 bits per heavy atom. The third kappa shape index (κ3) is 4.00. The molecule has 2 N–H and O–H groups in total. The second-order valence-electron chi connectivity index (χ2n) is 6.02. The van der Waals surface area contributed by atoms with Gasteiger partial charge in [-0.15, -0.1) is 11.8 Å². The minimum Gasteiger partial charge on any atom is -0.311 e. The second-order valence-corrected chi connectivity index (χ2v) is 7.04. The third-order valence-corrected chi connectivity index (χ3v) is 5.37. The van der Waals surface area contributed by atoms with E-state index in [1.54, 1.807) is 11.8 Å². The molecular weight excluding hydrogens is 296 g/mol. The number of rotatable bonds is 5. The molecule has 0 saturated carbocycles. The highest BCUT2D eigenvalue weighted by Gasteiger charge is 2.19. The average molecular weight is 320 g/mol. The van der Waals surface area contributed by atoms with Gasteiger partial charge < -0.3 is 15.5 Å². The first-order valence-electron chi connectivity index (χ1n) is 8.10. The Hall–Kier alpha value is -1.11. The van der Waals surface area contributed by atoms with Crippen molar-refractivity contribution < 1.29 is 4.79 Å². The summed E-state index contributed by atoms with van der Waals surface area (Å²) in [7, 11) is 0. The van der Waals surface area contributed by atoms with Gasteiger partial charge in [0.15, 0.2) is 0 Å². The van der Waals surface area contributed by atoms with Crippen molar-refractivity contribution in [2.75, 3.05) is 37.2 Å². The van der Waals surface area contributed by atoms with E-state index in [1.165, 1.54) is 25.9 Å². The molecule has 1 fully saturated rings. The predicted octanol–water partition coefficient (Wildman–Crippen LogP) is 1.95. The van der Waals surface area contributed by atoms with Gasteiger partial charge in [-0.2, -0.15) is 0 Å². The number of fused-ring (bicyclic) bond motifs is 1. The summed E-state index contributed by atoms with van der Waals surface area (Å²) in [4.78, 5) is 19.6. The van der Waals surface area contributed by atoms with Gasteiger partial charge in [-0.1, -0.05) is 6.92 Å². The molecule has 2 aliphatic heterocycles. The van der Waals surface area contributed by atoms with Gasteiger partial charge in [-0.05, 0) is 50.5 Å². The molecule has 0 aromatic carbocycles. The lowest BCUT2D eigenvalue weighted by Gasteiger charge is -2.31. The van der Waals surface area contributed by atoms with Crippen molar-refractivity contribution in [1.29, 1.82) is 0 Å². The van der Waals surface area contributed by atoms with Crippen molar-refractivity contribution >= 4 is 23.5 Å². The summed E-state index contributed by atoms with van der Waals surface area (Å²) in [6.45, 7) is 7.64. The number of hydrogen-bond donors (Lipinski definition) is 2. The smallest absolute Gasteiger partial charge is 0.235 e. The van der Waals surface area contributed by atoms with E-state index in [-0.39, 0.29) is 5.91 Å². The quantitative estimate of drug-likeness (QED) is 0.868. The van der Waals surface area contributed by atoms with Crippen LogP contribution in [-0.4, -0.2) is 47.7 Å². The number of nitrogens with zero attached hydrogens (tertiary/aromatic N) is 2. The second kappa shape index (κ2) is 7.44. The first kappa shape index (κ1) is 15.8. The van der Waals surface area contributed by atoms with Crippen LogP contribution in [0.2, 0.25) is 0 Å². The molecule has 1 atom stereocenters. The Bertz CT molecular complexity index is 537. The molecule has 1 unspecified atom stereocenters. The number of thioether (sulfide) groups is 1. The summed E-state index contributed by atoms with van der Waals surface area (Å²) >= 11 is 1.55. The molecule has 0 radical (unpaired) electrons. The molecule has 1 saturated heterocycles. The molecule has 0 aliphatic carbocycles. The van der Waals surface area contributed by atoms with Gasteiger partial charge in [0, 0.05) is 13.1 Å². The lowest BCUT2D eigenvalue weighted by Crippen LogP contribution is -2.39. The number of carbonyl (C=O) groups is 1. The number of hydrogen-bond acceptors (Lipinski definition) is 5. The molecule has 0 spiro atoms. The molecule has 6 heteroatoms. The molecule has 3 rings (SSSR count). The average Bonchev–Trinajstić information content (AvgIpc) is 2.54. The van der Waals surface area contributed by atoms with Crippen LogP contribution in [0.1, 0.15) is 25.5 Å². The molecule has 0 bridgehead atoms. The van der Waals surface area contributed by atoms with Crippen molar-refractivity contribution in [3.8, 4) is 0 Å². The fourth-order valence-electron chi connectivity index (χ4n) is 3.11. The van der Waals surface area contributed by atoms with Gasteiger partial charge in [-0.25, -0.2) is 4.98 Å². The molecular formula is C16H24N4OS. The van der Waals surface area contributed by atoms with E-state index < -0.39 is 0 Å². The SMILES string of the molecule is CCN1CCCC(CNCc2ccc3c(n2)NC(=O)CS3)C1. The summed E-state index contributed by atoms with van der Waals surface area (Å²) in [6, 6.07) is 4.11. The molecule has 3 heterocycles. The summed E-state index contributed by atoms with van der Waals surface area (Å²) in [6.07, 6.45) is 2.62. The maximum atomic E-state index is 11.4. The van der Waals surface area contributed by atoms with E-state index in [0.29, 0.717) is 5.75 Å². The van der Waals surface area contributed by atoms with E-state index in [1.807, 2.05) is 0 Å². The topological polar surface area (TPSA) is 57.3 Å². The van der Waals surface area contributed by atoms with Crippen molar-refractivity contribution in [3.05, 3.63) is 17.8 Å². The Kier molecular flexibility index (Phi) is 5.33. The molecule has 2 aliphatic rings. The van der Waals surface area contributed by atoms with Crippen molar-refractivity contribution in [2.24, 2.45) is 5.92 Å². The maximum Gasteiger partial charge on any atom is 0.235 e. The third-order valence-electron chi connectivity index (χ3n) is 4.32. The van der Waals surface area contributed by atoms with Crippen LogP contribution in [0.3, 0.4) is 0 Å². The summed E-state index contributed by atoms with van der Waals surface area (Å²) in [5, 5.41) is 6.37. The van der Waals surface area contributed by atoms with Gasteiger partial charge in [0.25, 0.3) is 0 Å². The van der Waals surface area contributed by atoms with Crippen LogP contribution < -0.4 is 10.6 Å². The van der Waals surface area contributed by atoms with Gasteiger partial charge in [0.05, 0.1) is 16.3 Å². The predicted molar refractivity (Wildman–Crippen MR) is 90.1 cm³/mol. The Morgan fingerprint density at radius 1 is 1.50 bits per heavy atom. The number of likely N-dealkylation sites (tertiary alicyclic amines) is 1. The van der Waals surface area contributed by atoms with Gasteiger partial charge in [0.2, 0.25) is 5.91 Å². The van der Waals surface area contributed by atoms with Crippen LogP contribution >= 0.6 is 11.8 Å². The van der Waals surface area contributed by atoms with Crippen LogP contribution in [0.15, 0.2) is 17.0 Å². The lowest BCUT2D eigenvalue weighted by atomic mass is 9.98. The van der Waals surface area contributed by atoms with Crippen LogP contribution in [0, 0.1) is 5.92 Å². The minimum atomic E-state index is 0.0389. The first-order valence-corrected chi connectivity index (χ1v) is 9.09. The van der Waals surface area contributed by atoms with E-state index in [0.717, 1.165) is 42.0 Å². The fraction of sp³-hybridized carbons (Fsp3) is 0.625. The van der Waals surface area contributed by atoms with Crippen LogP contribution in [0.4, 0.5) is 5.82 Å². The summed E-state index contributed by atoms with van der Waals surface area (Å²) in [5.74, 6) is 1.98. The summed E-state index contributed by atoms with van der Waals surface area (Å²) < 4.78 is 0. The normalized spacial score (nSPS) is 22.2.